The summed E-state index contributed by atoms with van der Waals surface area (Å²) in [5, 5.41) is 2.58. The van der Waals surface area contributed by atoms with Crippen molar-refractivity contribution in [2.75, 3.05) is 6.61 Å². The lowest BCUT2D eigenvalue weighted by Crippen LogP contribution is -2.45. The Kier molecular flexibility index (Phi) is 8.68. The lowest BCUT2D eigenvalue weighted by Gasteiger charge is -2.24. The maximum absolute atomic E-state index is 12.5. The third-order valence-corrected chi connectivity index (χ3v) is 4.03. The normalized spacial score (nSPS) is 12.0. The van der Waals surface area contributed by atoms with Crippen LogP contribution >= 0.6 is 0 Å². The lowest BCUT2D eigenvalue weighted by atomic mass is 10.1. The Morgan fingerprint density at radius 3 is 2.27 bits per heavy atom. The molecule has 162 valence electrons. The summed E-state index contributed by atoms with van der Waals surface area (Å²) in [5.41, 5.74) is 6.76. The predicted molar refractivity (Wildman–Crippen MR) is 114 cm³/mol. The summed E-state index contributed by atoms with van der Waals surface area (Å²) in [6, 6.07) is 15.8. The van der Waals surface area contributed by atoms with Crippen LogP contribution in [0.1, 0.15) is 38.3 Å². The fraction of sp³-hybridized carbons (Fsp3) is 0.391. The summed E-state index contributed by atoms with van der Waals surface area (Å²) in [6.07, 6.45) is -0.462. The van der Waals surface area contributed by atoms with Crippen molar-refractivity contribution in [3.8, 4) is 5.75 Å². The van der Waals surface area contributed by atoms with Crippen molar-refractivity contribution < 1.29 is 23.8 Å². The van der Waals surface area contributed by atoms with Crippen LogP contribution in [0.5, 0.6) is 5.75 Å². The molecule has 0 aliphatic rings. The molecule has 0 saturated carbocycles. The van der Waals surface area contributed by atoms with Crippen molar-refractivity contribution in [1.82, 2.24) is 5.32 Å². The molecule has 0 fully saturated rings. The van der Waals surface area contributed by atoms with E-state index in [4.69, 9.17) is 19.9 Å². The first-order valence-corrected chi connectivity index (χ1v) is 9.89. The van der Waals surface area contributed by atoms with Gasteiger partial charge in [-0.25, -0.2) is 9.59 Å². The summed E-state index contributed by atoms with van der Waals surface area (Å²) >= 11 is 0. The van der Waals surface area contributed by atoms with E-state index in [1.165, 1.54) is 0 Å². The Balaban J connectivity index is 1.91. The van der Waals surface area contributed by atoms with Crippen LogP contribution in [0.2, 0.25) is 0 Å². The molecule has 0 radical (unpaired) electrons. The van der Waals surface area contributed by atoms with E-state index in [2.05, 4.69) is 5.32 Å². The molecule has 7 heteroatoms. The lowest BCUT2D eigenvalue weighted by molar-refractivity contribution is -0.157. The first kappa shape index (κ1) is 23.2. The van der Waals surface area contributed by atoms with Gasteiger partial charge in [0.2, 0.25) is 0 Å². The zero-order valence-corrected chi connectivity index (χ0v) is 17.7. The van der Waals surface area contributed by atoms with E-state index in [0.29, 0.717) is 12.3 Å². The molecule has 0 aliphatic carbocycles. The highest BCUT2D eigenvalue weighted by molar-refractivity contribution is 5.81. The summed E-state index contributed by atoms with van der Waals surface area (Å²) in [7, 11) is 0. The molecule has 0 aliphatic heterocycles. The molecule has 0 aromatic heterocycles. The van der Waals surface area contributed by atoms with Crippen molar-refractivity contribution in [3.05, 3.63) is 65.7 Å². The smallest absolute Gasteiger partial charge is 0.408 e. The third kappa shape index (κ3) is 8.53. The van der Waals surface area contributed by atoms with E-state index in [1.807, 2.05) is 54.6 Å². The standard InChI is InChI=1S/C23H30N2O5/c1-23(2,3)30-21(26)20(13-14-28-19-11-9-17(15-24)10-12-19)25-22(27)29-16-18-7-5-4-6-8-18/h4-12,20H,13-16,24H2,1-3H3,(H,25,27)/t20-/m0/s1. The van der Waals surface area contributed by atoms with E-state index >= 15 is 0 Å². The van der Waals surface area contributed by atoms with Gasteiger partial charge in [0.25, 0.3) is 0 Å². The summed E-state index contributed by atoms with van der Waals surface area (Å²) < 4.78 is 16.3. The molecular formula is C23H30N2O5. The quantitative estimate of drug-likeness (QED) is 0.609. The van der Waals surface area contributed by atoms with E-state index in [9.17, 15) is 9.59 Å². The van der Waals surface area contributed by atoms with E-state index in [1.54, 1.807) is 20.8 Å². The van der Waals surface area contributed by atoms with Crippen LogP contribution in [0.3, 0.4) is 0 Å². The number of benzene rings is 2. The van der Waals surface area contributed by atoms with Crippen LogP contribution in [0, 0.1) is 0 Å². The van der Waals surface area contributed by atoms with Crippen LogP contribution in [0.15, 0.2) is 54.6 Å². The number of hydrogen-bond donors (Lipinski definition) is 2. The van der Waals surface area contributed by atoms with Gasteiger partial charge in [-0.3, -0.25) is 0 Å². The number of carbonyl (C=O) groups excluding carboxylic acids is 2. The molecule has 3 N–H and O–H groups in total. The topological polar surface area (TPSA) is 99.9 Å². The van der Waals surface area contributed by atoms with Gasteiger partial charge in [-0.1, -0.05) is 42.5 Å². The molecule has 0 heterocycles. The van der Waals surface area contributed by atoms with Crippen molar-refractivity contribution in [2.45, 2.75) is 52.0 Å². The minimum absolute atomic E-state index is 0.109. The Bertz CT molecular complexity index is 801. The van der Waals surface area contributed by atoms with Crippen LogP contribution in [0.25, 0.3) is 0 Å². The Morgan fingerprint density at radius 1 is 1.00 bits per heavy atom. The number of hydrogen-bond acceptors (Lipinski definition) is 6. The molecule has 0 spiro atoms. The SMILES string of the molecule is CC(C)(C)OC(=O)[C@H](CCOc1ccc(CN)cc1)NC(=O)OCc1ccccc1. The molecule has 0 unspecified atom stereocenters. The van der Waals surface area contributed by atoms with Crippen molar-refractivity contribution >= 4 is 12.1 Å². The second-order valence-electron chi connectivity index (χ2n) is 7.78. The Morgan fingerprint density at radius 2 is 1.67 bits per heavy atom. The number of nitrogens with two attached hydrogens (primary N) is 1. The monoisotopic (exact) mass is 414 g/mol. The average Bonchev–Trinajstić information content (AvgIpc) is 2.71. The largest absolute Gasteiger partial charge is 0.494 e. The Hall–Kier alpha value is -3.06. The van der Waals surface area contributed by atoms with Crippen LogP contribution in [-0.2, 0) is 27.4 Å². The summed E-state index contributed by atoms with van der Waals surface area (Å²) in [4.78, 5) is 24.7. The average molecular weight is 415 g/mol. The number of ether oxygens (including phenoxy) is 3. The van der Waals surface area contributed by atoms with Gasteiger partial charge in [-0.15, -0.1) is 0 Å². The molecule has 0 bridgehead atoms. The van der Waals surface area contributed by atoms with Gasteiger partial charge in [0, 0.05) is 13.0 Å². The van der Waals surface area contributed by atoms with Crippen molar-refractivity contribution in [3.63, 3.8) is 0 Å². The van der Waals surface area contributed by atoms with Gasteiger partial charge in [0.05, 0.1) is 6.61 Å². The minimum Gasteiger partial charge on any atom is -0.494 e. The molecular weight excluding hydrogens is 384 g/mol. The van der Waals surface area contributed by atoms with Crippen LogP contribution in [-0.4, -0.2) is 30.3 Å². The minimum atomic E-state index is -0.893. The zero-order chi connectivity index (χ0) is 22.0. The van der Waals surface area contributed by atoms with Crippen LogP contribution in [0.4, 0.5) is 4.79 Å². The fourth-order valence-corrected chi connectivity index (χ4v) is 2.55. The number of rotatable bonds is 9. The molecule has 0 saturated heterocycles. The van der Waals surface area contributed by atoms with Gasteiger partial charge >= 0.3 is 12.1 Å². The summed E-state index contributed by atoms with van der Waals surface area (Å²) in [6.45, 7) is 6.08. The summed E-state index contributed by atoms with van der Waals surface area (Å²) in [5.74, 6) is 0.114. The first-order chi connectivity index (χ1) is 14.3. The number of alkyl carbamates (subject to hydrolysis) is 1. The van der Waals surface area contributed by atoms with Gasteiger partial charge in [-0.2, -0.15) is 0 Å². The van der Waals surface area contributed by atoms with Crippen molar-refractivity contribution in [1.29, 1.82) is 0 Å². The third-order valence-electron chi connectivity index (χ3n) is 4.03. The first-order valence-electron chi connectivity index (χ1n) is 9.89. The second-order valence-corrected chi connectivity index (χ2v) is 7.78. The van der Waals surface area contributed by atoms with Gasteiger partial charge in [0.15, 0.2) is 0 Å². The second kappa shape index (κ2) is 11.2. The van der Waals surface area contributed by atoms with E-state index in [0.717, 1.165) is 11.1 Å². The molecule has 30 heavy (non-hydrogen) atoms. The number of carbonyl (C=O) groups is 2. The number of amides is 1. The van der Waals surface area contributed by atoms with Crippen LogP contribution < -0.4 is 15.8 Å². The molecule has 1 amide bonds. The Labute approximate surface area is 177 Å². The number of esters is 1. The maximum atomic E-state index is 12.5. The van der Waals surface area contributed by atoms with Gasteiger partial charge < -0.3 is 25.3 Å². The number of nitrogens with one attached hydrogen (secondary N) is 1. The highest BCUT2D eigenvalue weighted by Gasteiger charge is 2.27. The van der Waals surface area contributed by atoms with Crippen molar-refractivity contribution in [2.24, 2.45) is 5.73 Å². The molecule has 7 nitrogen and oxygen atoms in total. The highest BCUT2D eigenvalue weighted by atomic mass is 16.6. The molecule has 2 aromatic carbocycles. The molecule has 1 atom stereocenters. The van der Waals surface area contributed by atoms with E-state index in [-0.39, 0.29) is 19.6 Å². The van der Waals surface area contributed by atoms with Gasteiger partial charge in [-0.05, 0) is 44.0 Å². The molecule has 2 aromatic rings. The van der Waals surface area contributed by atoms with Gasteiger partial charge in [0.1, 0.15) is 24.0 Å². The predicted octanol–water partition coefficient (Wildman–Crippen LogP) is 3.55. The molecule has 2 rings (SSSR count). The zero-order valence-electron chi connectivity index (χ0n) is 17.7. The van der Waals surface area contributed by atoms with E-state index < -0.39 is 23.7 Å². The fourth-order valence-electron chi connectivity index (χ4n) is 2.55. The highest BCUT2D eigenvalue weighted by Crippen LogP contribution is 2.14. The maximum Gasteiger partial charge on any atom is 0.408 e.